The first-order valence-corrected chi connectivity index (χ1v) is 8.96. The molecule has 1 heterocycles. The zero-order chi connectivity index (χ0) is 17.5. The highest BCUT2D eigenvalue weighted by molar-refractivity contribution is 5.95. The second kappa shape index (κ2) is 8.81. The summed E-state index contributed by atoms with van der Waals surface area (Å²) in [5, 5.41) is 0. The molecule has 0 bridgehead atoms. The van der Waals surface area contributed by atoms with Crippen molar-refractivity contribution in [2.24, 2.45) is 5.92 Å². The van der Waals surface area contributed by atoms with Crippen LogP contribution in [-0.2, 0) is 0 Å². The van der Waals surface area contributed by atoms with Gasteiger partial charge in [-0.3, -0.25) is 4.79 Å². The molecule has 2 rings (SSSR count). The summed E-state index contributed by atoms with van der Waals surface area (Å²) in [4.78, 5) is 14.8. The zero-order valence-corrected chi connectivity index (χ0v) is 15.3. The van der Waals surface area contributed by atoms with Gasteiger partial charge >= 0.3 is 0 Å². The predicted molar refractivity (Wildman–Crippen MR) is 94.3 cm³/mol. The van der Waals surface area contributed by atoms with E-state index >= 15 is 0 Å². The molecule has 0 radical (unpaired) electrons. The third kappa shape index (κ3) is 4.34. The summed E-state index contributed by atoms with van der Waals surface area (Å²) >= 11 is 0. The van der Waals surface area contributed by atoms with Gasteiger partial charge in [0, 0.05) is 18.7 Å². The van der Waals surface area contributed by atoms with E-state index in [0.29, 0.717) is 48.6 Å². The minimum Gasteiger partial charge on any atom is -0.490 e. The first-order chi connectivity index (χ1) is 11.6. The van der Waals surface area contributed by atoms with E-state index in [0.717, 1.165) is 19.5 Å². The predicted octanol–water partition coefficient (Wildman–Crippen LogP) is 3.75. The summed E-state index contributed by atoms with van der Waals surface area (Å²) in [6.07, 6.45) is 2.24. The fraction of sp³-hybridized carbons (Fsp3) is 0.632. The van der Waals surface area contributed by atoms with Crippen molar-refractivity contribution in [1.29, 1.82) is 0 Å². The molecular formula is C19H29NO4. The van der Waals surface area contributed by atoms with Gasteiger partial charge in [-0.15, -0.1) is 0 Å². The maximum Gasteiger partial charge on any atom is 0.254 e. The van der Waals surface area contributed by atoms with Crippen molar-refractivity contribution < 1.29 is 19.0 Å². The smallest absolute Gasteiger partial charge is 0.254 e. The Hall–Kier alpha value is -1.91. The van der Waals surface area contributed by atoms with Gasteiger partial charge < -0.3 is 19.1 Å². The molecule has 1 aliphatic rings. The number of amides is 1. The van der Waals surface area contributed by atoms with Crippen LogP contribution in [0.1, 0.15) is 50.9 Å². The lowest BCUT2D eigenvalue weighted by atomic mass is 9.99. The quantitative estimate of drug-likeness (QED) is 0.761. The third-order valence-electron chi connectivity index (χ3n) is 4.10. The Balaban J connectivity index is 2.36. The normalized spacial score (nSPS) is 17.5. The summed E-state index contributed by atoms with van der Waals surface area (Å²) in [5.41, 5.74) is 0.597. The van der Waals surface area contributed by atoms with E-state index in [-0.39, 0.29) is 5.91 Å². The van der Waals surface area contributed by atoms with Crippen molar-refractivity contribution in [3.63, 3.8) is 0 Å². The molecule has 24 heavy (non-hydrogen) atoms. The molecule has 1 saturated heterocycles. The lowest BCUT2D eigenvalue weighted by molar-refractivity contribution is 0.0682. The van der Waals surface area contributed by atoms with Crippen LogP contribution in [0.2, 0.25) is 0 Å². The van der Waals surface area contributed by atoms with Crippen LogP contribution < -0.4 is 14.2 Å². The number of nitrogens with zero attached hydrogens (tertiary/aromatic N) is 1. The number of ether oxygens (including phenoxy) is 3. The van der Waals surface area contributed by atoms with Gasteiger partial charge in [-0.05, 0) is 51.7 Å². The van der Waals surface area contributed by atoms with Gasteiger partial charge in [0.2, 0.25) is 5.75 Å². The molecule has 0 spiro atoms. The zero-order valence-electron chi connectivity index (χ0n) is 15.3. The SMILES string of the molecule is CCOc1cc(C(=O)N2CCCC(C)C2)cc(OCC)c1OCC. The van der Waals surface area contributed by atoms with E-state index in [9.17, 15) is 4.79 Å². The summed E-state index contributed by atoms with van der Waals surface area (Å²) < 4.78 is 17.1. The molecule has 0 aliphatic carbocycles. The molecule has 1 fully saturated rings. The first-order valence-electron chi connectivity index (χ1n) is 8.96. The largest absolute Gasteiger partial charge is 0.490 e. The molecular weight excluding hydrogens is 306 g/mol. The summed E-state index contributed by atoms with van der Waals surface area (Å²) in [5.74, 6) is 2.29. The van der Waals surface area contributed by atoms with Gasteiger partial charge in [0.15, 0.2) is 11.5 Å². The fourth-order valence-electron chi connectivity index (χ4n) is 3.07. The maximum absolute atomic E-state index is 12.9. The second-order valence-corrected chi connectivity index (χ2v) is 6.10. The van der Waals surface area contributed by atoms with Crippen molar-refractivity contribution in [2.75, 3.05) is 32.9 Å². The van der Waals surface area contributed by atoms with Gasteiger partial charge in [-0.25, -0.2) is 0 Å². The van der Waals surface area contributed by atoms with Crippen molar-refractivity contribution in [2.45, 2.75) is 40.5 Å². The Labute approximate surface area is 144 Å². The number of hydrogen-bond donors (Lipinski definition) is 0. The Morgan fingerprint density at radius 3 is 2.17 bits per heavy atom. The van der Waals surface area contributed by atoms with Crippen LogP contribution in [0, 0.1) is 5.92 Å². The van der Waals surface area contributed by atoms with Crippen molar-refractivity contribution in [3.8, 4) is 17.2 Å². The summed E-state index contributed by atoms with van der Waals surface area (Å²) in [7, 11) is 0. The number of piperidine rings is 1. The minimum atomic E-state index is 0.0338. The van der Waals surface area contributed by atoms with E-state index in [1.165, 1.54) is 6.42 Å². The van der Waals surface area contributed by atoms with Crippen molar-refractivity contribution in [3.05, 3.63) is 17.7 Å². The van der Waals surface area contributed by atoms with E-state index in [1.807, 2.05) is 25.7 Å². The van der Waals surface area contributed by atoms with Crippen LogP contribution in [0.5, 0.6) is 17.2 Å². The van der Waals surface area contributed by atoms with Crippen LogP contribution in [-0.4, -0.2) is 43.7 Å². The lowest BCUT2D eigenvalue weighted by Gasteiger charge is -2.31. The van der Waals surface area contributed by atoms with Gasteiger partial charge in [-0.1, -0.05) is 6.92 Å². The molecule has 1 atom stereocenters. The maximum atomic E-state index is 12.9. The van der Waals surface area contributed by atoms with Crippen molar-refractivity contribution >= 4 is 5.91 Å². The van der Waals surface area contributed by atoms with E-state index < -0.39 is 0 Å². The molecule has 5 nitrogen and oxygen atoms in total. The summed E-state index contributed by atoms with van der Waals surface area (Å²) in [6, 6.07) is 3.55. The molecule has 1 amide bonds. The monoisotopic (exact) mass is 335 g/mol. The molecule has 1 aliphatic heterocycles. The molecule has 1 aromatic rings. The third-order valence-corrected chi connectivity index (χ3v) is 4.10. The number of likely N-dealkylation sites (tertiary alicyclic amines) is 1. The highest BCUT2D eigenvalue weighted by Crippen LogP contribution is 2.39. The molecule has 0 aromatic heterocycles. The van der Waals surface area contributed by atoms with Crippen LogP contribution in [0.3, 0.4) is 0 Å². The van der Waals surface area contributed by atoms with Crippen LogP contribution in [0.15, 0.2) is 12.1 Å². The standard InChI is InChI=1S/C19H29NO4/c1-5-22-16-11-15(12-17(23-6-2)18(16)24-7-3)19(21)20-10-8-9-14(4)13-20/h11-12,14H,5-10,13H2,1-4H3. The Morgan fingerprint density at radius 2 is 1.67 bits per heavy atom. The van der Waals surface area contributed by atoms with E-state index in [1.54, 1.807) is 12.1 Å². The molecule has 134 valence electrons. The Kier molecular flexibility index (Phi) is 6.76. The molecule has 5 heteroatoms. The van der Waals surface area contributed by atoms with Gasteiger partial charge in [0.05, 0.1) is 19.8 Å². The van der Waals surface area contributed by atoms with Crippen LogP contribution >= 0.6 is 0 Å². The number of rotatable bonds is 7. The topological polar surface area (TPSA) is 48.0 Å². The second-order valence-electron chi connectivity index (χ2n) is 6.10. The average Bonchev–Trinajstić information content (AvgIpc) is 2.57. The average molecular weight is 335 g/mol. The molecule has 1 aromatic carbocycles. The van der Waals surface area contributed by atoms with Crippen LogP contribution in [0.4, 0.5) is 0 Å². The van der Waals surface area contributed by atoms with E-state index in [4.69, 9.17) is 14.2 Å². The highest BCUT2D eigenvalue weighted by atomic mass is 16.5. The first kappa shape index (κ1) is 18.4. The Morgan fingerprint density at radius 1 is 1.08 bits per heavy atom. The van der Waals surface area contributed by atoms with Gasteiger partial charge in [0.1, 0.15) is 0 Å². The molecule has 1 unspecified atom stereocenters. The lowest BCUT2D eigenvalue weighted by Crippen LogP contribution is -2.39. The highest BCUT2D eigenvalue weighted by Gasteiger charge is 2.25. The van der Waals surface area contributed by atoms with Crippen molar-refractivity contribution in [1.82, 2.24) is 4.90 Å². The number of hydrogen-bond acceptors (Lipinski definition) is 4. The summed E-state index contributed by atoms with van der Waals surface area (Å²) in [6.45, 7) is 11.1. The minimum absolute atomic E-state index is 0.0338. The van der Waals surface area contributed by atoms with Gasteiger partial charge in [0.25, 0.3) is 5.91 Å². The van der Waals surface area contributed by atoms with Gasteiger partial charge in [-0.2, -0.15) is 0 Å². The number of carbonyl (C=O) groups is 1. The van der Waals surface area contributed by atoms with E-state index in [2.05, 4.69) is 6.92 Å². The number of carbonyl (C=O) groups excluding carboxylic acids is 1. The molecule has 0 saturated carbocycles. The molecule has 0 N–H and O–H groups in total. The Bertz CT molecular complexity index is 531. The number of benzene rings is 1. The van der Waals surface area contributed by atoms with Crippen LogP contribution in [0.25, 0.3) is 0 Å². The fourth-order valence-corrected chi connectivity index (χ4v) is 3.07.